The summed E-state index contributed by atoms with van der Waals surface area (Å²) in [6, 6.07) is 8.96. The Morgan fingerprint density at radius 3 is 2.53 bits per heavy atom. The zero-order chi connectivity index (χ0) is 24.4. The average Bonchev–Trinajstić information content (AvgIpc) is 3.21. The fourth-order valence-electron chi connectivity index (χ4n) is 4.46. The van der Waals surface area contributed by atoms with Gasteiger partial charge in [0.1, 0.15) is 16.2 Å². The number of carboxylic acid groups (broad SMARTS) is 1. The molecular formula is C24H21N5O4S. The normalized spacial score (nSPS) is 19.4. The molecule has 172 valence electrons. The molecule has 34 heavy (non-hydrogen) atoms. The van der Waals surface area contributed by atoms with E-state index in [-0.39, 0.29) is 10.4 Å². The minimum absolute atomic E-state index is 0.0117. The van der Waals surface area contributed by atoms with Crippen molar-refractivity contribution in [2.75, 3.05) is 5.73 Å². The summed E-state index contributed by atoms with van der Waals surface area (Å²) < 4.78 is 6.33. The Hall–Kier alpha value is -3.86. The minimum atomic E-state index is -1.64. The van der Waals surface area contributed by atoms with Crippen molar-refractivity contribution in [3.63, 3.8) is 0 Å². The Morgan fingerprint density at radius 2 is 1.88 bits per heavy atom. The molecule has 4 aromatic rings. The van der Waals surface area contributed by atoms with E-state index < -0.39 is 23.3 Å². The van der Waals surface area contributed by atoms with Gasteiger partial charge in [-0.3, -0.25) is 9.78 Å². The highest BCUT2D eigenvalue weighted by molar-refractivity contribution is 7.21. The predicted molar refractivity (Wildman–Crippen MR) is 128 cm³/mol. The molecule has 0 amide bonds. The van der Waals surface area contributed by atoms with Gasteiger partial charge >= 0.3 is 5.97 Å². The van der Waals surface area contributed by atoms with Crippen LogP contribution in [-0.4, -0.2) is 26.8 Å². The number of nitrogens with zero attached hydrogens (tertiary/aromatic N) is 2. The largest absolute Gasteiger partial charge is 0.477 e. The molecule has 3 aromatic heterocycles. The summed E-state index contributed by atoms with van der Waals surface area (Å²) in [5.41, 5.74) is 20.5. The molecule has 7 N–H and O–H groups in total. The first-order chi connectivity index (χ1) is 16.1. The molecule has 0 fully saturated rings. The summed E-state index contributed by atoms with van der Waals surface area (Å²) in [6.07, 6.45) is 1.59. The molecule has 0 saturated carbocycles. The van der Waals surface area contributed by atoms with Gasteiger partial charge in [0.05, 0.1) is 16.9 Å². The molecule has 2 unspecified atom stereocenters. The molecule has 0 radical (unpaired) electrons. The fourth-order valence-corrected chi connectivity index (χ4v) is 5.60. The van der Waals surface area contributed by atoms with E-state index in [2.05, 4.69) is 9.97 Å². The van der Waals surface area contributed by atoms with Gasteiger partial charge in [0.15, 0.2) is 5.78 Å². The van der Waals surface area contributed by atoms with Gasteiger partial charge < -0.3 is 27.0 Å². The van der Waals surface area contributed by atoms with Crippen LogP contribution in [0.15, 0.2) is 42.6 Å². The second kappa shape index (κ2) is 7.59. The first-order valence-electron chi connectivity index (χ1n) is 10.4. The number of carboxylic acids is 1. The molecular weight excluding hydrogens is 454 g/mol. The number of anilines is 1. The van der Waals surface area contributed by atoms with Gasteiger partial charge in [-0.1, -0.05) is 6.07 Å². The Bertz CT molecular complexity index is 1500. The number of Topliss-reactive ketones (excluding diaryl/α,β-unsaturated/α-hetero) is 1. The number of benzene rings is 1. The lowest BCUT2D eigenvalue weighted by Gasteiger charge is -2.37. The van der Waals surface area contributed by atoms with Crippen LogP contribution in [0, 0.1) is 13.8 Å². The van der Waals surface area contributed by atoms with Gasteiger partial charge in [-0.15, -0.1) is 11.3 Å². The van der Waals surface area contributed by atoms with Crippen LogP contribution in [0.1, 0.15) is 43.8 Å². The standard InChI is InChI=1S/C24H21N5O4S/c1-10-3-4-12(9-28-10)33-16-8-6-13(11(2)29-16)24(27)14-5-7-15(25)20-17(14)18(19(26)22(24)30)21(34-20)23(31)32/h3-9,19H,25-27H2,1-2H3,(H,31,32). The highest BCUT2D eigenvalue weighted by Gasteiger charge is 2.49. The maximum Gasteiger partial charge on any atom is 0.346 e. The number of nitrogens with two attached hydrogens (primary N) is 3. The smallest absolute Gasteiger partial charge is 0.346 e. The van der Waals surface area contributed by atoms with Crippen LogP contribution in [0.4, 0.5) is 5.69 Å². The zero-order valence-electron chi connectivity index (χ0n) is 18.3. The molecule has 9 nitrogen and oxygen atoms in total. The van der Waals surface area contributed by atoms with Crippen molar-refractivity contribution in [2.45, 2.75) is 25.4 Å². The number of aromatic carboxylic acids is 1. The Balaban J connectivity index is 1.67. The number of thiophene rings is 1. The third kappa shape index (κ3) is 3.07. The highest BCUT2D eigenvalue weighted by Crippen LogP contribution is 2.49. The summed E-state index contributed by atoms with van der Waals surface area (Å²) in [6.45, 7) is 3.60. The molecule has 3 heterocycles. The molecule has 1 aliphatic rings. The van der Waals surface area contributed by atoms with E-state index in [1.807, 2.05) is 13.0 Å². The lowest BCUT2D eigenvalue weighted by molar-refractivity contribution is -0.124. The molecule has 0 saturated heterocycles. The Kier molecular flexibility index (Phi) is 4.90. The quantitative estimate of drug-likeness (QED) is 0.324. The number of ketones is 1. The SMILES string of the molecule is Cc1ccc(Oc2ccc(C3(N)C(=O)C(N)c4c(C(=O)O)sc5c(N)ccc3c45)c(C)n2)cn1. The van der Waals surface area contributed by atoms with Crippen molar-refractivity contribution in [3.8, 4) is 11.6 Å². The number of rotatable bonds is 4. The van der Waals surface area contributed by atoms with Crippen molar-refractivity contribution in [1.29, 1.82) is 0 Å². The summed E-state index contributed by atoms with van der Waals surface area (Å²) in [4.78, 5) is 34.2. The van der Waals surface area contributed by atoms with Crippen LogP contribution < -0.4 is 21.9 Å². The molecule has 1 aliphatic carbocycles. The molecule has 0 aliphatic heterocycles. The van der Waals surface area contributed by atoms with Crippen LogP contribution >= 0.6 is 11.3 Å². The third-order valence-electron chi connectivity index (χ3n) is 6.10. The maximum absolute atomic E-state index is 13.6. The molecule has 10 heteroatoms. The van der Waals surface area contributed by atoms with Crippen LogP contribution in [0.5, 0.6) is 11.6 Å². The number of ether oxygens (including phenoxy) is 1. The van der Waals surface area contributed by atoms with Gasteiger partial charge in [-0.2, -0.15) is 0 Å². The van der Waals surface area contributed by atoms with Gasteiger partial charge in [0, 0.05) is 39.7 Å². The minimum Gasteiger partial charge on any atom is -0.477 e. The lowest BCUT2D eigenvalue weighted by atomic mass is 9.70. The average molecular weight is 476 g/mol. The first-order valence-corrected chi connectivity index (χ1v) is 11.2. The molecule has 2 atom stereocenters. The molecule has 0 bridgehead atoms. The Labute approximate surface area is 198 Å². The second-order valence-corrected chi connectivity index (χ2v) is 9.25. The number of pyridine rings is 2. The van der Waals surface area contributed by atoms with Crippen molar-refractivity contribution in [3.05, 3.63) is 75.6 Å². The van der Waals surface area contributed by atoms with Crippen LogP contribution in [0.25, 0.3) is 10.1 Å². The topological polar surface area (TPSA) is 167 Å². The molecule has 1 aromatic carbocycles. The summed E-state index contributed by atoms with van der Waals surface area (Å²) in [5, 5.41) is 10.2. The van der Waals surface area contributed by atoms with E-state index in [4.69, 9.17) is 21.9 Å². The maximum atomic E-state index is 13.6. The van der Waals surface area contributed by atoms with Crippen molar-refractivity contribution >= 4 is 38.9 Å². The summed E-state index contributed by atoms with van der Waals surface area (Å²) >= 11 is 0.994. The van der Waals surface area contributed by atoms with Gasteiger partial charge in [0.2, 0.25) is 5.88 Å². The third-order valence-corrected chi connectivity index (χ3v) is 7.34. The van der Waals surface area contributed by atoms with E-state index in [1.54, 1.807) is 43.5 Å². The molecule has 0 spiro atoms. The van der Waals surface area contributed by atoms with E-state index in [0.717, 1.165) is 17.0 Å². The van der Waals surface area contributed by atoms with Crippen molar-refractivity contribution < 1.29 is 19.4 Å². The first kappa shape index (κ1) is 22.0. The number of aromatic nitrogens is 2. The second-order valence-electron chi connectivity index (χ2n) is 8.23. The van der Waals surface area contributed by atoms with Crippen LogP contribution in [-0.2, 0) is 10.3 Å². The number of carbonyl (C=O) groups excluding carboxylic acids is 1. The van der Waals surface area contributed by atoms with E-state index in [0.29, 0.717) is 44.2 Å². The zero-order valence-corrected chi connectivity index (χ0v) is 19.1. The van der Waals surface area contributed by atoms with Gasteiger partial charge in [0.25, 0.3) is 0 Å². The lowest BCUT2D eigenvalue weighted by Crippen LogP contribution is -2.53. The Morgan fingerprint density at radius 1 is 1.15 bits per heavy atom. The predicted octanol–water partition coefficient (Wildman–Crippen LogP) is 3.17. The van der Waals surface area contributed by atoms with E-state index >= 15 is 0 Å². The summed E-state index contributed by atoms with van der Waals surface area (Å²) in [5.74, 6) is -0.852. The number of nitrogen functional groups attached to an aromatic ring is 1. The van der Waals surface area contributed by atoms with E-state index in [1.165, 1.54) is 0 Å². The van der Waals surface area contributed by atoms with Crippen LogP contribution in [0.3, 0.4) is 0 Å². The van der Waals surface area contributed by atoms with E-state index in [9.17, 15) is 14.7 Å². The van der Waals surface area contributed by atoms with Crippen molar-refractivity contribution in [2.24, 2.45) is 11.5 Å². The van der Waals surface area contributed by atoms with Gasteiger partial charge in [-0.05, 0) is 43.7 Å². The van der Waals surface area contributed by atoms with Gasteiger partial charge in [-0.25, -0.2) is 9.78 Å². The highest BCUT2D eigenvalue weighted by atomic mass is 32.1. The number of aryl methyl sites for hydroxylation is 2. The summed E-state index contributed by atoms with van der Waals surface area (Å²) in [7, 11) is 0. The molecule has 5 rings (SSSR count). The van der Waals surface area contributed by atoms with Crippen LogP contribution in [0.2, 0.25) is 0 Å². The fraction of sp³-hybridized carbons (Fsp3) is 0.167. The number of carbonyl (C=O) groups is 2. The monoisotopic (exact) mass is 475 g/mol. The number of hydrogen-bond donors (Lipinski definition) is 4. The number of hydrogen-bond acceptors (Lipinski definition) is 9. The van der Waals surface area contributed by atoms with Crippen molar-refractivity contribution in [1.82, 2.24) is 9.97 Å².